The van der Waals surface area contributed by atoms with Crippen molar-refractivity contribution in [1.82, 2.24) is 9.88 Å². The van der Waals surface area contributed by atoms with Crippen LogP contribution in [0.15, 0.2) is 41.5 Å². The van der Waals surface area contributed by atoms with E-state index in [0.717, 1.165) is 5.56 Å². The van der Waals surface area contributed by atoms with E-state index in [1.807, 2.05) is 13.0 Å². The smallest absolute Gasteiger partial charge is 0.412 e. The van der Waals surface area contributed by atoms with Crippen molar-refractivity contribution < 1.29 is 28.9 Å². The molecular weight excluding hydrogens is 392 g/mol. The first kappa shape index (κ1) is 23.1. The van der Waals surface area contributed by atoms with Crippen molar-refractivity contribution >= 4 is 23.0 Å². The van der Waals surface area contributed by atoms with Crippen LogP contribution in [0.3, 0.4) is 0 Å². The lowest BCUT2D eigenvalue weighted by Crippen LogP contribution is -2.27. The number of rotatable bonds is 11. The zero-order valence-electron chi connectivity index (χ0n) is 17.1. The van der Waals surface area contributed by atoms with Crippen LogP contribution in [0.1, 0.15) is 29.8 Å². The summed E-state index contributed by atoms with van der Waals surface area (Å²) >= 11 is 0. The van der Waals surface area contributed by atoms with Gasteiger partial charge in [0.15, 0.2) is 0 Å². The van der Waals surface area contributed by atoms with Gasteiger partial charge in [0.2, 0.25) is 5.43 Å². The number of ether oxygens (including phenoxy) is 3. The molecule has 0 spiro atoms. The maximum Gasteiger partial charge on any atom is 0.412 e. The molecule has 162 valence electrons. The zero-order valence-corrected chi connectivity index (χ0v) is 17.1. The number of hydrogen-bond donors (Lipinski definition) is 2. The minimum absolute atomic E-state index is 0.253. The quantitative estimate of drug-likeness (QED) is 0.425. The third-order valence-electron chi connectivity index (χ3n) is 4.14. The van der Waals surface area contributed by atoms with E-state index in [-0.39, 0.29) is 12.2 Å². The second-order valence-corrected chi connectivity index (χ2v) is 6.50. The van der Waals surface area contributed by atoms with Gasteiger partial charge in [-0.25, -0.2) is 9.59 Å². The highest BCUT2D eigenvalue weighted by Gasteiger charge is 2.14. The standard InChI is InChI=1S/C21H26N2O7/c1-4-23-12-17(20(25)26)19(24)16-11-15(5-6-18(16)23)13-29-10-9-28-8-7-22-21(27)30-14(2)3/h5-6,11-12H,2,4,7-10,13H2,1,3H3,(H,22,27)(H,25,26). The fourth-order valence-corrected chi connectivity index (χ4v) is 2.78. The van der Waals surface area contributed by atoms with E-state index in [9.17, 15) is 19.5 Å². The maximum atomic E-state index is 12.5. The summed E-state index contributed by atoms with van der Waals surface area (Å²) in [5.41, 5.74) is 0.674. The molecule has 0 bridgehead atoms. The number of carbonyl (C=O) groups is 2. The first-order valence-corrected chi connectivity index (χ1v) is 9.49. The van der Waals surface area contributed by atoms with E-state index in [1.165, 1.54) is 6.20 Å². The fourth-order valence-electron chi connectivity index (χ4n) is 2.78. The lowest BCUT2D eigenvalue weighted by atomic mass is 10.1. The lowest BCUT2D eigenvalue weighted by molar-refractivity contribution is 0.0416. The molecule has 0 atom stereocenters. The Balaban J connectivity index is 1.83. The van der Waals surface area contributed by atoms with Crippen LogP contribution in [0.4, 0.5) is 4.79 Å². The molecule has 0 aliphatic rings. The van der Waals surface area contributed by atoms with Gasteiger partial charge in [-0.2, -0.15) is 0 Å². The molecule has 1 aromatic heterocycles. The fraction of sp³-hybridized carbons (Fsp3) is 0.381. The largest absolute Gasteiger partial charge is 0.477 e. The Morgan fingerprint density at radius 1 is 1.20 bits per heavy atom. The minimum Gasteiger partial charge on any atom is -0.477 e. The number of carboxylic acid groups (broad SMARTS) is 1. The average molecular weight is 418 g/mol. The van der Waals surface area contributed by atoms with Gasteiger partial charge >= 0.3 is 12.1 Å². The first-order valence-electron chi connectivity index (χ1n) is 9.49. The van der Waals surface area contributed by atoms with Crippen molar-refractivity contribution in [2.75, 3.05) is 26.4 Å². The molecule has 9 nitrogen and oxygen atoms in total. The summed E-state index contributed by atoms with van der Waals surface area (Å²) in [7, 11) is 0. The summed E-state index contributed by atoms with van der Waals surface area (Å²) in [6.07, 6.45) is 0.792. The summed E-state index contributed by atoms with van der Waals surface area (Å²) in [5.74, 6) is -0.936. The second-order valence-electron chi connectivity index (χ2n) is 6.50. The number of carbonyl (C=O) groups excluding carboxylic acids is 1. The van der Waals surface area contributed by atoms with Crippen LogP contribution in [0, 0.1) is 0 Å². The lowest BCUT2D eigenvalue weighted by Gasteiger charge is -2.12. The minimum atomic E-state index is -1.25. The van der Waals surface area contributed by atoms with Crippen molar-refractivity contribution in [3.63, 3.8) is 0 Å². The monoisotopic (exact) mass is 418 g/mol. The number of hydrogen-bond acceptors (Lipinski definition) is 6. The molecule has 0 saturated heterocycles. The molecule has 0 fully saturated rings. The van der Waals surface area contributed by atoms with Crippen LogP contribution in [-0.2, 0) is 27.4 Å². The van der Waals surface area contributed by atoms with Crippen molar-refractivity contribution in [2.45, 2.75) is 27.0 Å². The van der Waals surface area contributed by atoms with Crippen LogP contribution in [0.5, 0.6) is 0 Å². The molecule has 2 aromatic rings. The van der Waals surface area contributed by atoms with Crippen LogP contribution in [-0.4, -0.2) is 48.1 Å². The van der Waals surface area contributed by atoms with Gasteiger partial charge in [0.1, 0.15) is 5.56 Å². The van der Waals surface area contributed by atoms with Gasteiger partial charge in [0, 0.05) is 24.7 Å². The number of aromatic nitrogens is 1. The third kappa shape index (κ3) is 6.43. The second kappa shape index (κ2) is 11.1. The van der Waals surface area contributed by atoms with Crippen LogP contribution >= 0.6 is 0 Å². The van der Waals surface area contributed by atoms with Gasteiger partial charge in [-0.05, 0) is 31.5 Å². The number of nitrogens with zero attached hydrogens (tertiary/aromatic N) is 1. The Labute approximate surface area is 173 Å². The van der Waals surface area contributed by atoms with Crippen molar-refractivity contribution in [3.05, 3.63) is 58.1 Å². The Hall–Kier alpha value is -3.17. The highest BCUT2D eigenvalue weighted by Crippen LogP contribution is 2.15. The molecule has 30 heavy (non-hydrogen) atoms. The van der Waals surface area contributed by atoms with Crippen molar-refractivity contribution in [1.29, 1.82) is 0 Å². The topological polar surface area (TPSA) is 116 Å². The van der Waals surface area contributed by atoms with Crippen LogP contribution < -0.4 is 10.7 Å². The Morgan fingerprint density at radius 2 is 1.93 bits per heavy atom. The number of aryl methyl sites for hydroxylation is 1. The molecule has 0 aliphatic heterocycles. The molecule has 2 N–H and O–H groups in total. The molecule has 0 unspecified atom stereocenters. The van der Waals surface area contributed by atoms with Crippen molar-refractivity contribution in [3.8, 4) is 0 Å². The Kier molecular flexibility index (Phi) is 8.57. The van der Waals surface area contributed by atoms with Crippen LogP contribution in [0.2, 0.25) is 0 Å². The number of amides is 1. The van der Waals surface area contributed by atoms with E-state index < -0.39 is 17.5 Å². The van der Waals surface area contributed by atoms with Gasteiger partial charge < -0.3 is 29.2 Å². The Morgan fingerprint density at radius 3 is 2.60 bits per heavy atom. The highest BCUT2D eigenvalue weighted by atomic mass is 16.6. The summed E-state index contributed by atoms with van der Waals surface area (Å²) < 4.78 is 17.4. The molecule has 0 saturated carbocycles. The number of fused-ring (bicyclic) bond motifs is 1. The number of allylic oxidation sites excluding steroid dienone is 1. The number of pyridine rings is 1. The molecule has 2 rings (SSSR count). The van der Waals surface area contributed by atoms with E-state index in [0.29, 0.717) is 49.6 Å². The van der Waals surface area contributed by atoms with Gasteiger partial charge in [-0.1, -0.05) is 12.6 Å². The SMILES string of the molecule is C=C(C)OC(=O)NCCOCCOCc1ccc2c(c1)c(=O)c(C(=O)O)cn2CC. The van der Waals surface area contributed by atoms with E-state index in [4.69, 9.17) is 14.2 Å². The van der Waals surface area contributed by atoms with Crippen LogP contribution in [0.25, 0.3) is 10.9 Å². The number of aromatic carboxylic acids is 1. The molecular formula is C21H26N2O7. The Bertz CT molecular complexity index is 981. The molecule has 0 aliphatic carbocycles. The van der Waals surface area contributed by atoms with Gasteiger partial charge in [0.05, 0.1) is 37.7 Å². The molecule has 1 aromatic carbocycles. The van der Waals surface area contributed by atoms with E-state index in [2.05, 4.69) is 11.9 Å². The highest BCUT2D eigenvalue weighted by molar-refractivity contribution is 5.92. The van der Waals surface area contributed by atoms with E-state index in [1.54, 1.807) is 23.6 Å². The number of carboxylic acids is 1. The zero-order chi connectivity index (χ0) is 22.1. The first-order chi connectivity index (χ1) is 14.3. The maximum absolute atomic E-state index is 12.5. The third-order valence-corrected chi connectivity index (χ3v) is 4.14. The molecule has 9 heteroatoms. The summed E-state index contributed by atoms with van der Waals surface area (Å²) in [5, 5.41) is 12.1. The van der Waals surface area contributed by atoms with Gasteiger partial charge in [0.25, 0.3) is 0 Å². The number of nitrogens with one attached hydrogen (secondary N) is 1. The van der Waals surface area contributed by atoms with E-state index >= 15 is 0 Å². The molecule has 1 amide bonds. The molecule has 0 radical (unpaired) electrons. The van der Waals surface area contributed by atoms with Gasteiger partial charge in [-0.15, -0.1) is 0 Å². The predicted molar refractivity (Wildman–Crippen MR) is 111 cm³/mol. The summed E-state index contributed by atoms with van der Waals surface area (Å²) in [6, 6.07) is 5.29. The number of alkyl carbamates (subject to hydrolysis) is 1. The van der Waals surface area contributed by atoms with Crippen molar-refractivity contribution in [2.24, 2.45) is 0 Å². The summed E-state index contributed by atoms with van der Waals surface area (Å²) in [6.45, 7) is 8.98. The summed E-state index contributed by atoms with van der Waals surface area (Å²) in [4.78, 5) is 35.0. The number of benzene rings is 1. The normalized spacial score (nSPS) is 10.7. The van der Waals surface area contributed by atoms with Gasteiger partial charge in [-0.3, -0.25) is 4.79 Å². The average Bonchev–Trinajstić information content (AvgIpc) is 2.69. The predicted octanol–water partition coefficient (Wildman–Crippen LogP) is 2.51. The molecule has 1 heterocycles.